The molecule has 2 atom stereocenters. The smallest absolute Gasteiger partial charge is 0.186 e. The molecular formula is C23H25NO2. The predicted molar refractivity (Wildman–Crippen MR) is 105 cm³/mol. The number of fused-ring (bicyclic) bond motifs is 1. The Labute approximate surface area is 155 Å². The fourth-order valence-corrected chi connectivity index (χ4v) is 3.68. The number of Topliss-reactive ketones (excluding diaryl/α,β-unsaturated/α-hetero) is 1. The molecule has 134 valence electrons. The first-order chi connectivity index (χ1) is 12.6. The molecule has 0 saturated carbocycles. The molecule has 0 amide bonds. The Morgan fingerprint density at radius 1 is 1.19 bits per heavy atom. The van der Waals surface area contributed by atoms with Crippen LogP contribution in [0, 0.1) is 5.41 Å². The molecule has 0 saturated heterocycles. The van der Waals surface area contributed by atoms with Crippen molar-refractivity contribution in [1.82, 2.24) is 4.57 Å². The summed E-state index contributed by atoms with van der Waals surface area (Å²) in [6, 6.07) is 12.7. The fraction of sp³-hybridized carbons (Fsp3) is 0.304. The van der Waals surface area contributed by atoms with Gasteiger partial charge in [0.15, 0.2) is 5.78 Å². The summed E-state index contributed by atoms with van der Waals surface area (Å²) in [5.41, 5.74) is 1.53. The van der Waals surface area contributed by atoms with E-state index in [1.165, 1.54) is 0 Å². The molecule has 1 aliphatic rings. The maximum atomic E-state index is 13.4. The average molecular weight is 347 g/mol. The topological polar surface area (TPSA) is 39.1 Å². The minimum atomic E-state index is -0.672. The molecule has 1 aromatic carbocycles. The van der Waals surface area contributed by atoms with Crippen molar-refractivity contribution < 1.29 is 9.59 Å². The Balaban J connectivity index is 2.10. The van der Waals surface area contributed by atoms with Gasteiger partial charge in [0.25, 0.3) is 0 Å². The van der Waals surface area contributed by atoms with Gasteiger partial charge >= 0.3 is 0 Å². The molecule has 0 radical (unpaired) electrons. The fourth-order valence-electron chi connectivity index (χ4n) is 3.68. The lowest BCUT2D eigenvalue weighted by Crippen LogP contribution is -2.39. The van der Waals surface area contributed by atoms with Crippen LogP contribution in [0.2, 0.25) is 0 Å². The van der Waals surface area contributed by atoms with Gasteiger partial charge in [-0.1, -0.05) is 62.2 Å². The largest absolute Gasteiger partial charge is 0.336 e. The van der Waals surface area contributed by atoms with Crippen molar-refractivity contribution in [3.8, 4) is 0 Å². The Morgan fingerprint density at radius 2 is 1.96 bits per heavy atom. The highest BCUT2D eigenvalue weighted by atomic mass is 16.1. The van der Waals surface area contributed by atoms with Gasteiger partial charge in [-0.3, -0.25) is 9.59 Å². The SMILES string of the molecule is CCCC/C=C/C1(C)C(C=O)=Cc2cccn2C1C(=O)c1ccccc1. The van der Waals surface area contributed by atoms with Gasteiger partial charge < -0.3 is 4.57 Å². The van der Waals surface area contributed by atoms with Gasteiger partial charge in [-0.25, -0.2) is 0 Å². The van der Waals surface area contributed by atoms with Crippen molar-refractivity contribution >= 4 is 18.1 Å². The highest BCUT2D eigenvalue weighted by Crippen LogP contribution is 2.46. The monoisotopic (exact) mass is 347 g/mol. The van der Waals surface area contributed by atoms with E-state index < -0.39 is 11.5 Å². The van der Waals surface area contributed by atoms with Crippen LogP contribution in [-0.4, -0.2) is 16.6 Å². The van der Waals surface area contributed by atoms with Crippen LogP contribution in [0.15, 0.2) is 66.4 Å². The summed E-state index contributed by atoms with van der Waals surface area (Å²) >= 11 is 0. The molecule has 1 aliphatic heterocycles. The summed E-state index contributed by atoms with van der Waals surface area (Å²) in [5.74, 6) is 0.0261. The van der Waals surface area contributed by atoms with E-state index in [2.05, 4.69) is 19.1 Å². The number of aldehydes is 1. The van der Waals surface area contributed by atoms with Crippen molar-refractivity contribution in [2.45, 2.75) is 39.2 Å². The van der Waals surface area contributed by atoms with Crippen molar-refractivity contribution in [3.05, 3.63) is 77.6 Å². The van der Waals surface area contributed by atoms with E-state index >= 15 is 0 Å². The zero-order chi connectivity index (χ0) is 18.6. The van der Waals surface area contributed by atoms with Crippen molar-refractivity contribution in [2.24, 2.45) is 5.41 Å². The standard InChI is InChI=1S/C23H25NO2/c1-3-4-5-9-14-23(2)19(17-25)16-20-13-10-15-24(20)22(23)21(26)18-11-7-6-8-12-18/h6-17,22H,3-5H2,1-2H3/b14-9+. The minimum absolute atomic E-state index is 0.0261. The number of allylic oxidation sites excluding steroid dienone is 3. The second kappa shape index (κ2) is 7.69. The summed E-state index contributed by atoms with van der Waals surface area (Å²) < 4.78 is 1.99. The molecule has 3 heteroatoms. The van der Waals surface area contributed by atoms with Gasteiger partial charge in [-0.05, 0) is 31.6 Å². The molecule has 2 aromatic rings. The van der Waals surface area contributed by atoms with Gasteiger partial charge in [0.2, 0.25) is 0 Å². The zero-order valence-electron chi connectivity index (χ0n) is 15.4. The molecule has 2 heterocycles. The lowest BCUT2D eigenvalue weighted by atomic mass is 9.70. The summed E-state index contributed by atoms with van der Waals surface area (Å²) in [6.07, 6.45) is 12.0. The van der Waals surface area contributed by atoms with Crippen LogP contribution in [0.1, 0.15) is 55.2 Å². The van der Waals surface area contributed by atoms with Gasteiger partial charge in [-0.2, -0.15) is 0 Å². The second-order valence-electron chi connectivity index (χ2n) is 7.02. The number of carbonyl (C=O) groups is 2. The van der Waals surface area contributed by atoms with Crippen molar-refractivity contribution in [2.75, 3.05) is 0 Å². The van der Waals surface area contributed by atoms with E-state index in [0.29, 0.717) is 11.1 Å². The van der Waals surface area contributed by atoms with E-state index in [4.69, 9.17) is 0 Å². The summed E-state index contributed by atoms with van der Waals surface area (Å²) in [4.78, 5) is 25.3. The molecule has 2 unspecified atom stereocenters. The van der Waals surface area contributed by atoms with Crippen LogP contribution in [0.25, 0.3) is 6.08 Å². The lowest BCUT2D eigenvalue weighted by molar-refractivity contribution is -0.105. The molecule has 3 rings (SSSR count). The van der Waals surface area contributed by atoms with Crippen molar-refractivity contribution in [1.29, 1.82) is 0 Å². The third kappa shape index (κ3) is 3.22. The first-order valence-electron chi connectivity index (χ1n) is 9.23. The van der Waals surface area contributed by atoms with E-state index in [1.807, 2.05) is 66.2 Å². The highest BCUT2D eigenvalue weighted by molar-refractivity contribution is 6.02. The minimum Gasteiger partial charge on any atom is -0.336 e. The van der Waals surface area contributed by atoms with Crippen LogP contribution in [0.3, 0.4) is 0 Å². The summed E-state index contributed by atoms with van der Waals surface area (Å²) in [7, 11) is 0. The van der Waals surface area contributed by atoms with E-state index in [0.717, 1.165) is 31.2 Å². The normalized spacial score (nSPS) is 22.1. The number of nitrogens with zero attached hydrogens (tertiary/aromatic N) is 1. The number of ketones is 1. The second-order valence-corrected chi connectivity index (χ2v) is 7.02. The molecule has 26 heavy (non-hydrogen) atoms. The summed E-state index contributed by atoms with van der Waals surface area (Å²) in [5, 5.41) is 0. The number of unbranched alkanes of at least 4 members (excludes halogenated alkanes) is 2. The number of aromatic nitrogens is 1. The van der Waals surface area contributed by atoms with E-state index in [9.17, 15) is 9.59 Å². The maximum Gasteiger partial charge on any atom is 0.186 e. The number of hydrogen-bond acceptors (Lipinski definition) is 2. The first-order valence-corrected chi connectivity index (χ1v) is 9.23. The molecule has 0 bridgehead atoms. The molecule has 1 aromatic heterocycles. The van der Waals surface area contributed by atoms with E-state index in [-0.39, 0.29) is 5.78 Å². The molecule has 0 N–H and O–H groups in total. The van der Waals surface area contributed by atoms with Crippen molar-refractivity contribution in [3.63, 3.8) is 0 Å². The Kier molecular flexibility index (Phi) is 5.36. The molecular weight excluding hydrogens is 322 g/mol. The quantitative estimate of drug-likeness (QED) is 0.296. The molecule has 0 aliphatic carbocycles. The Hall–Kier alpha value is -2.68. The van der Waals surface area contributed by atoms with Gasteiger partial charge in [0.1, 0.15) is 12.3 Å². The molecule has 3 nitrogen and oxygen atoms in total. The Morgan fingerprint density at radius 3 is 2.65 bits per heavy atom. The van der Waals surface area contributed by atoms with Crippen LogP contribution in [-0.2, 0) is 4.79 Å². The van der Waals surface area contributed by atoms with Crippen LogP contribution < -0.4 is 0 Å². The van der Waals surface area contributed by atoms with Gasteiger partial charge in [-0.15, -0.1) is 0 Å². The third-order valence-electron chi connectivity index (χ3n) is 5.21. The average Bonchev–Trinajstić information content (AvgIpc) is 3.12. The maximum absolute atomic E-state index is 13.4. The highest BCUT2D eigenvalue weighted by Gasteiger charge is 2.44. The zero-order valence-corrected chi connectivity index (χ0v) is 15.4. The van der Waals surface area contributed by atoms with Gasteiger partial charge in [0.05, 0.1) is 0 Å². The summed E-state index contributed by atoms with van der Waals surface area (Å²) in [6.45, 7) is 4.14. The number of benzene rings is 1. The number of carbonyl (C=O) groups excluding carboxylic acids is 2. The predicted octanol–water partition coefficient (Wildman–Crippen LogP) is 5.26. The Bertz CT molecular complexity index is 844. The number of rotatable bonds is 7. The molecule has 0 fully saturated rings. The third-order valence-corrected chi connectivity index (χ3v) is 5.21. The van der Waals surface area contributed by atoms with E-state index in [1.54, 1.807) is 0 Å². The first kappa shape index (κ1) is 18.1. The number of hydrogen-bond donors (Lipinski definition) is 0. The molecule has 0 spiro atoms. The lowest BCUT2D eigenvalue weighted by Gasteiger charge is -2.39. The van der Waals surface area contributed by atoms with Gasteiger partial charge in [0, 0.05) is 28.4 Å². The van der Waals surface area contributed by atoms with Crippen LogP contribution >= 0.6 is 0 Å². The van der Waals surface area contributed by atoms with Crippen LogP contribution in [0.5, 0.6) is 0 Å². The van der Waals surface area contributed by atoms with Crippen LogP contribution in [0.4, 0.5) is 0 Å².